The van der Waals surface area contributed by atoms with Gasteiger partial charge in [0.25, 0.3) is 5.91 Å². The van der Waals surface area contributed by atoms with Gasteiger partial charge in [-0.3, -0.25) is 10.1 Å². The van der Waals surface area contributed by atoms with Crippen LogP contribution in [0.4, 0.5) is 5.13 Å². The largest absolute Gasteiger partial charge is 0.484 e. The zero-order valence-corrected chi connectivity index (χ0v) is 17.3. The minimum atomic E-state index is -0.271. The molecule has 1 heterocycles. The first-order valence-electron chi connectivity index (χ1n) is 7.56. The van der Waals surface area contributed by atoms with Gasteiger partial charge in [-0.05, 0) is 57.9 Å². The molecule has 0 fully saturated rings. The molecule has 0 aliphatic heterocycles. The van der Waals surface area contributed by atoms with Gasteiger partial charge in [-0.2, -0.15) is 0 Å². The zero-order valence-electron chi connectivity index (χ0n) is 13.3. The van der Waals surface area contributed by atoms with E-state index in [1.165, 1.54) is 11.3 Å². The molecule has 1 amide bonds. The van der Waals surface area contributed by atoms with Gasteiger partial charge in [-0.25, -0.2) is 4.98 Å². The first-order valence-corrected chi connectivity index (χ1v) is 9.93. The maximum absolute atomic E-state index is 12.0. The second-order valence-electron chi connectivity index (χ2n) is 5.35. The lowest BCUT2D eigenvalue weighted by Gasteiger charge is -2.05. The molecule has 0 spiro atoms. The molecule has 0 aliphatic rings. The molecule has 3 rings (SSSR count). The van der Waals surface area contributed by atoms with E-state index < -0.39 is 0 Å². The second-order valence-corrected chi connectivity index (χ2v) is 8.16. The maximum Gasteiger partial charge on any atom is 0.264 e. The first-order chi connectivity index (χ1) is 12.5. The van der Waals surface area contributed by atoms with Crippen molar-refractivity contribution in [2.45, 2.75) is 6.42 Å². The third-order valence-electron chi connectivity index (χ3n) is 3.35. The summed E-state index contributed by atoms with van der Waals surface area (Å²) in [5, 5.41) is 4.55. The first kappa shape index (κ1) is 19.2. The molecule has 4 nitrogen and oxygen atoms in total. The van der Waals surface area contributed by atoms with Gasteiger partial charge in [0, 0.05) is 27.0 Å². The summed E-state index contributed by atoms with van der Waals surface area (Å²) >= 11 is 16.7. The fraction of sp³-hybridized carbons (Fsp3) is 0.111. The van der Waals surface area contributed by atoms with Gasteiger partial charge in [0.05, 0.1) is 5.02 Å². The van der Waals surface area contributed by atoms with Crippen molar-refractivity contribution in [2.75, 3.05) is 11.9 Å². The van der Waals surface area contributed by atoms with E-state index in [0.717, 1.165) is 14.9 Å². The molecule has 134 valence electrons. The molecule has 3 aromatic rings. The lowest BCUT2D eigenvalue weighted by atomic mass is 10.1. The summed E-state index contributed by atoms with van der Waals surface area (Å²) in [6.07, 6.45) is 2.44. The predicted octanol–water partition coefficient (Wildman–Crippen LogP) is 5.82. The fourth-order valence-corrected chi connectivity index (χ4v) is 3.57. The summed E-state index contributed by atoms with van der Waals surface area (Å²) in [5.74, 6) is 0.309. The van der Waals surface area contributed by atoms with Crippen LogP contribution >= 0.6 is 50.5 Å². The predicted molar refractivity (Wildman–Crippen MR) is 110 cm³/mol. The van der Waals surface area contributed by atoms with Gasteiger partial charge >= 0.3 is 0 Å². The molecule has 0 atom stereocenters. The fourth-order valence-electron chi connectivity index (χ4n) is 2.13. The van der Waals surface area contributed by atoms with Gasteiger partial charge in [0.1, 0.15) is 5.75 Å². The highest BCUT2D eigenvalue weighted by atomic mass is 79.9. The molecule has 26 heavy (non-hydrogen) atoms. The van der Waals surface area contributed by atoms with Crippen LogP contribution in [0.5, 0.6) is 5.75 Å². The van der Waals surface area contributed by atoms with Crippen molar-refractivity contribution in [1.82, 2.24) is 4.98 Å². The van der Waals surface area contributed by atoms with Crippen LogP contribution in [-0.2, 0) is 11.2 Å². The number of benzene rings is 2. The zero-order chi connectivity index (χ0) is 18.5. The molecule has 0 aliphatic carbocycles. The topological polar surface area (TPSA) is 51.2 Å². The van der Waals surface area contributed by atoms with E-state index >= 15 is 0 Å². The number of rotatable bonds is 6. The Bertz CT molecular complexity index is 916. The Hall–Kier alpha value is -1.60. The summed E-state index contributed by atoms with van der Waals surface area (Å²) in [4.78, 5) is 17.2. The Morgan fingerprint density at radius 1 is 1.19 bits per heavy atom. The summed E-state index contributed by atoms with van der Waals surface area (Å²) < 4.78 is 6.27. The Morgan fingerprint density at radius 3 is 2.69 bits per heavy atom. The molecule has 1 aromatic heterocycles. The van der Waals surface area contributed by atoms with E-state index in [1.54, 1.807) is 30.5 Å². The van der Waals surface area contributed by atoms with Crippen LogP contribution in [-0.4, -0.2) is 17.5 Å². The van der Waals surface area contributed by atoms with Gasteiger partial charge in [0.15, 0.2) is 11.7 Å². The van der Waals surface area contributed by atoms with Crippen molar-refractivity contribution < 1.29 is 9.53 Å². The van der Waals surface area contributed by atoms with Crippen LogP contribution < -0.4 is 10.1 Å². The van der Waals surface area contributed by atoms with Crippen LogP contribution in [0.3, 0.4) is 0 Å². The van der Waals surface area contributed by atoms with Gasteiger partial charge in [0.2, 0.25) is 0 Å². The van der Waals surface area contributed by atoms with Gasteiger partial charge < -0.3 is 4.74 Å². The molecule has 0 saturated heterocycles. The van der Waals surface area contributed by atoms with E-state index in [2.05, 4.69) is 26.2 Å². The highest BCUT2D eigenvalue weighted by molar-refractivity contribution is 9.10. The van der Waals surface area contributed by atoms with E-state index in [1.807, 2.05) is 18.2 Å². The number of carbonyl (C=O) groups is 1. The summed E-state index contributed by atoms with van der Waals surface area (Å²) in [6.45, 7) is -0.0983. The molecule has 0 unspecified atom stereocenters. The Labute approximate surface area is 173 Å². The Balaban J connectivity index is 1.53. The van der Waals surface area contributed by atoms with Crippen molar-refractivity contribution in [2.24, 2.45) is 0 Å². The highest BCUT2D eigenvalue weighted by Crippen LogP contribution is 2.26. The number of nitrogens with one attached hydrogen (secondary N) is 1. The third-order valence-corrected chi connectivity index (χ3v) is 5.74. The van der Waals surface area contributed by atoms with E-state index in [4.69, 9.17) is 27.9 Å². The summed E-state index contributed by atoms with van der Waals surface area (Å²) in [7, 11) is 0. The Morgan fingerprint density at radius 2 is 1.96 bits per heavy atom. The number of halogens is 3. The molecule has 0 saturated carbocycles. The lowest BCUT2D eigenvalue weighted by molar-refractivity contribution is -0.118. The van der Waals surface area contributed by atoms with Crippen LogP contribution in [0.25, 0.3) is 0 Å². The molecular weight excluding hydrogens is 459 g/mol. The number of thiazole rings is 1. The van der Waals surface area contributed by atoms with Crippen LogP contribution in [0.1, 0.15) is 10.4 Å². The molecule has 0 bridgehead atoms. The minimum Gasteiger partial charge on any atom is -0.484 e. The molecular formula is C18H13BrCl2N2O2S. The normalized spacial score (nSPS) is 10.6. The maximum atomic E-state index is 12.0. The van der Waals surface area contributed by atoms with Crippen LogP contribution in [0, 0.1) is 0 Å². The number of hydrogen-bond acceptors (Lipinski definition) is 4. The number of amides is 1. The standard InChI is InChI=1S/C18H13BrCl2N2O2S/c19-15-6-1-11(8-16(15)21)7-14-9-22-18(26-14)23-17(24)10-25-13-4-2-12(20)3-5-13/h1-6,8-9H,7,10H2,(H,22,23,24). The highest BCUT2D eigenvalue weighted by Gasteiger charge is 2.09. The van der Waals surface area contributed by atoms with E-state index in [9.17, 15) is 4.79 Å². The summed E-state index contributed by atoms with van der Waals surface area (Å²) in [6, 6.07) is 12.6. The number of ether oxygens (including phenoxy) is 1. The second kappa shape index (κ2) is 8.86. The van der Waals surface area contributed by atoms with Crippen molar-refractivity contribution in [3.8, 4) is 5.75 Å². The Kier molecular flexibility index (Phi) is 6.53. The minimum absolute atomic E-state index is 0.0983. The SMILES string of the molecule is O=C(COc1ccc(Cl)cc1)Nc1ncc(Cc2ccc(Br)c(Cl)c2)s1. The number of aromatic nitrogens is 1. The van der Waals surface area contributed by atoms with Crippen LogP contribution in [0.2, 0.25) is 10.0 Å². The number of hydrogen-bond donors (Lipinski definition) is 1. The molecule has 8 heteroatoms. The van der Waals surface area contributed by atoms with Crippen molar-refractivity contribution >= 4 is 61.5 Å². The number of nitrogens with zero attached hydrogens (tertiary/aromatic N) is 1. The monoisotopic (exact) mass is 470 g/mol. The average Bonchev–Trinajstić information content (AvgIpc) is 3.04. The van der Waals surface area contributed by atoms with Gasteiger partial charge in [-0.15, -0.1) is 11.3 Å². The molecule has 1 N–H and O–H groups in total. The smallest absolute Gasteiger partial charge is 0.264 e. The van der Waals surface area contributed by atoms with E-state index in [-0.39, 0.29) is 12.5 Å². The quantitative estimate of drug-likeness (QED) is 0.492. The van der Waals surface area contributed by atoms with Gasteiger partial charge in [-0.1, -0.05) is 29.3 Å². The van der Waals surface area contributed by atoms with Crippen molar-refractivity contribution in [3.05, 3.63) is 73.6 Å². The molecule has 0 radical (unpaired) electrons. The van der Waals surface area contributed by atoms with Crippen LogP contribution in [0.15, 0.2) is 53.1 Å². The number of carbonyl (C=O) groups excluding carboxylic acids is 1. The lowest BCUT2D eigenvalue weighted by Crippen LogP contribution is -2.19. The summed E-state index contributed by atoms with van der Waals surface area (Å²) in [5.41, 5.74) is 1.07. The van der Waals surface area contributed by atoms with Crippen molar-refractivity contribution in [3.63, 3.8) is 0 Å². The van der Waals surface area contributed by atoms with E-state index in [0.29, 0.717) is 27.3 Å². The molecule has 2 aromatic carbocycles. The van der Waals surface area contributed by atoms with Crippen molar-refractivity contribution in [1.29, 1.82) is 0 Å². The number of anilines is 1. The average molecular weight is 472 g/mol. The third kappa shape index (κ3) is 5.45.